The van der Waals surface area contributed by atoms with Gasteiger partial charge in [0, 0.05) is 23.7 Å². The van der Waals surface area contributed by atoms with E-state index in [-0.39, 0.29) is 5.91 Å². The quantitative estimate of drug-likeness (QED) is 0.488. The number of nitrogens with one attached hydrogen (secondary N) is 1. The van der Waals surface area contributed by atoms with E-state index in [1.54, 1.807) is 23.9 Å². The van der Waals surface area contributed by atoms with Crippen LogP contribution in [0.1, 0.15) is 15.9 Å². The Kier molecular flexibility index (Phi) is 6.61. The molecule has 90 valence electrons. The number of amides is 1. The zero-order valence-corrected chi connectivity index (χ0v) is 11.0. The molecule has 0 bridgehead atoms. The molecule has 0 spiro atoms. The topological polar surface area (TPSA) is 29.1 Å². The summed E-state index contributed by atoms with van der Waals surface area (Å²) in [5, 5.41) is 2.84. The van der Waals surface area contributed by atoms with Gasteiger partial charge in [-0.05, 0) is 17.7 Å². The first-order chi connectivity index (χ1) is 8.27. The van der Waals surface area contributed by atoms with Crippen LogP contribution in [-0.2, 0) is 5.88 Å². The van der Waals surface area contributed by atoms with E-state index in [4.69, 9.17) is 18.0 Å². The number of benzene rings is 1. The van der Waals surface area contributed by atoms with Gasteiger partial charge in [0.25, 0.3) is 5.91 Å². The maximum atomic E-state index is 11.7. The predicted molar refractivity (Wildman–Crippen MR) is 74.5 cm³/mol. The van der Waals surface area contributed by atoms with Crippen molar-refractivity contribution >= 4 is 29.3 Å². The highest BCUT2D eigenvalue weighted by molar-refractivity contribution is 7.99. The van der Waals surface area contributed by atoms with Crippen molar-refractivity contribution in [3.05, 3.63) is 35.4 Å². The number of terminal acetylenes is 1. The Hall–Kier alpha value is -1.11. The van der Waals surface area contributed by atoms with Gasteiger partial charge in [0.15, 0.2) is 0 Å². The lowest BCUT2D eigenvalue weighted by atomic mass is 10.1. The van der Waals surface area contributed by atoms with Gasteiger partial charge in [0.2, 0.25) is 0 Å². The van der Waals surface area contributed by atoms with E-state index in [0.29, 0.717) is 23.7 Å². The lowest BCUT2D eigenvalue weighted by molar-refractivity contribution is 0.0956. The summed E-state index contributed by atoms with van der Waals surface area (Å²) in [5.74, 6) is 4.39. The normalized spacial score (nSPS) is 9.65. The summed E-state index contributed by atoms with van der Waals surface area (Å²) in [5.41, 5.74) is 1.59. The molecule has 0 atom stereocenters. The second kappa shape index (κ2) is 8.05. The number of rotatable bonds is 6. The molecule has 1 amide bonds. The van der Waals surface area contributed by atoms with Crippen molar-refractivity contribution in [2.24, 2.45) is 0 Å². The first-order valence-electron chi connectivity index (χ1n) is 5.22. The number of hydrogen-bond donors (Lipinski definition) is 1. The third kappa shape index (κ3) is 5.16. The number of carbonyl (C=O) groups is 1. The summed E-state index contributed by atoms with van der Waals surface area (Å²) in [6.07, 6.45) is 5.12. The van der Waals surface area contributed by atoms with Crippen LogP contribution in [0.3, 0.4) is 0 Å². The maximum Gasteiger partial charge on any atom is 0.251 e. The van der Waals surface area contributed by atoms with Gasteiger partial charge in [-0.25, -0.2) is 0 Å². The molecule has 17 heavy (non-hydrogen) atoms. The molecule has 4 heteroatoms. The van der Waals surface area contributed by atoms with Crippen molar-refractivity contribution in [2.75, 3.05) is 18.1 Å². The first-order valence-corrected chi connectivity index (χ1v) is 6.91. The second-order valence-corrected chi connectivity index (χ2v) is 4.72. The molecule has 0 heterocycles. The van der Waals surface area contributed by atoms with Crippen molar-refractivity contribution < 1.29 is 4.79 Å². The zero-order chi connectivity index (χ0) is 12.5. The molecule has 0 saturated carbocycles. The van der Waals surface area contributed by atoms with Gasteiger partial charge in [-0.1, -0.05) is 18.1 Å². The smallest absolute Gasteiger partial charge is 0.251 e. The summed E-state index contributed by atoms with van der Waals surface area (Å²) in [7, 11) is 0. The van der Waals surface area contributed by atoms with E-state index < -0.39 is 0 Å². The van der Waals surface area contributed by atoms with Gasteiger partial charge in [-0.15, -0.1) is 29.8 Å². The molecular weight excluding hydrogens is 254 g/mol. The highest BCUT2D eigenvalue weighted by Crippen LogP contribution is 2.07. The molecule has 1 rings (SSSR count). The van der Waals surface area contributed by atoms with Crippen molar-refractivity contribution in [1.82, 2.24) is 5.32 Å². The van der Waals surface area contributed by atoms with Crippen LogP contribution in [0.25, 0.3) is 0 Å². The molecule has 1 aromatic rings. The number of carbonyl (C=O) groups excluding carboxylic acids is 1. The molecule has 0 aliphatic heterocycles. The molecular formula is C13H14ClNOS. The highest BCUT2D eigenvalue weighted by Gasteiger charge is 2.04. The van der Waals surface area contributed by atoms with Crippen LogP contribution < -0.4 is 5.32 Å². The van der Waals surface area contributed by atoms with Crippen molar-refractivity contribution in [2.45, 2.75) is 5.88 Å². The van der Waals surface area contributed by atoms with Crippen LogP contribution in [0, 0.1) is 12.3 Å². The first kappa shape index (κ1) is 14.0. The van der Waals surface area contributed by atoms with Crippen LogP contribution in [0.2, 0.25) is 0 Å². The predicted octanol–water partition coefficient (Wildman–Crippen LogP) is 2.52. The van der Waals surface area contributed by atoms with Crippen LogP contribution in [0.4, 0.5) is 0 Å². The molecule has 0 aliphatic carbocycles. The number of halogens is 1. The molecule has 1 N–H and O–H groups in total. The molecule has 0 saturated heterocycles. The third-order valence-electron chi connectivity index (χ3n) is 2.06. The Morgan fingerprint density at radius 1 is 1.53 bits per heavy atom. The van der Waals surface area contributed by atoms with Gasteiger partial charge < -0.3 is 5.32 Å². The monoisotopic (exact) mass is 267 g/mol. The van der Waals surface area contributed by atoms with E-state index in [1.807, 2.05) is 12.1 Å². The molecule has 0 aliphatic rings. The fraction of sp³-hybridized carbons (Fsp3) is 0.308. The fourth-order valence-electron chi connectivity index (χ4n) is 1.27. The Morgan fingerprint density at radius 2 is 2.35 bits per heavy atom. The number of thioether (sulfide) groups is 1. The van der Waals surface area contributed by atoms with Crippen LogP contribution in [0.15, 0.2) is 24.3 Å². The SMILES string of the molecule is C#CCSCCNC(=O)c1cccc(CCl)c1. The van der Waals surface area contributed by atoms with Gasteiger partial charge in [-0.3, -0.25) is 4.79 Å². The molecule has 0 fully saturated rings. The van der Waals surface area contributed by atoms with Crippen molar-refractivity contribution in [3.8, 4) is 12.3 Å². The van der Waals surface area contributed by atoms with Crippen LogP contribution in [-0.4, -0.2) is 24.0 Å². The molecule has 2 nitrogen and oxygen atoms in total. The maximum absolute atomic E-state index is 11.7. The Morgan fingerprint density at radius 3 is 3.06 bits per heavy atom. The van der Waals surface area contributed by atoms with Gasteiger partial charge >= 0.3 is 0 Å². The molecule has 0 unspecified atom stereocenters. The fourth-order valence-corrected chi connectivity index (χ4v) is 1.94. The van der Waals surface area contributed by atoms with E-state index in [0.717, 1.165) is 11.3 Å². The standard InChI is InChI=1S/C13H14ClNOS/c1-2-7-17-8-6-15-13(16)12-5-3-4-11(9-12)10-14/h1,3-5,9H,6-8,10H2,(H,15,16). The molecule has 0 radical (unpaired) electrons. The van der Waals surface area contributed by atoms with Crippen LogP contribution in [0.5, 0.6) is 0 Å². The molecule has 0 aromatic heterocycles. The number of alkyl halides is 1. The summed E-state index contributed by atoms with van der Waals surface area (Å²) in [6.45, 7) is 0.621. The van der Waals surface area contributed by atoms with E-state index in [1.165, 1.54) is 0 Å². The lowest BCUT2D eigenvalue weighted by Crippen LogP contribution is -2.25. The van der Waals surface area contributed by atoms with Crippen LogP contribution >= 0.6 is 23.4 Å². The second-order valence-electron chi connectivity index (χ2n) is 3.35. The average Bonchev–Trinajstić information content (AvgIpc) is 2.38. The van der Waals surface area contributed by atoms with Gasteiger partial charge in [0.05, 0.1) is 5.75 Å². The van der Waals surface area contributed by atoms with E-state index >= 15 is 0 Å². The van der Waals surface area contributed by atoms with Crippen molar-refractivity contribution in [3.63, 3.8) is 0 Å². The number of hydrogen-bond acceptors (Lipinski definition) is 2. The summed E-state index contributed by atoms with van der Waals surface area (Å²) in [6, 6.07) is 7.31. The van der Waals surface area contributed by atoms with Crippen molar-refractivity contribution in [1.29, 1.82) is 0 Å². The van der Waals surface area contributed by atoms with E-state index in [9.17, 15) is 4.79 Å². The average molecular weight is 268 g/mol. The van der Waals surface area contributed by atoms with Gasteiger partial charge in [0.1, 0.15) is 0 Å². The Labute approximate surface area is 111 Å². The molecule has 1 aromatic carbocycles. The summed E-state index contributed by atoms with van der Waals surface area (Å²) in [4.78, 5) is 11.7. The zero-order valence-electron chi connectivity index (χ0n) is 9.41. The lowest BCUT2D eigenvalue weighted by Gasteiger charge is -2.05. The largest absolute Gasteiger partial charge is 0.351 e. The summed E-state index contributed by atoms with van der Waals surface area (Å²) < 4.78 is 0. The minimum Gasteiger partial charge on any atom is -0.351 e. The third-order valence-corrected chi connectivity index (χ3v) is 3.23. The highest BCUT2D eigenvalue weighted by atomic mass is 35.5. The Balaban J connectivity index is 2.39. The Bertz CT molecular complexity index is 414. The van der Waals surface area contributed by atoms with E-state index in [2.05, 4.69) is 11.2 Å². The van der Waals surface area contributed by atoms with Gasteiger partial charge in [-0.2, -0.15) is 0 Å². The summed E-state index contributed by atoms with van der Waals surface area (Å²) >= 11 is 7.34. The minimum atomic E-state index is -0.0710. The minimum absolute atomic E-state index is 0.0710.